The molecular formula is C10H7BrF5NO3. The Morgan fingerprint density at radius 2 is 2.05 bits per heavy atom. The molecule has 0 unspecified atom stereocenters. The summed E-state index contributed by atoms with van der Waals surface area (Å²) in [6, 6.07) is 0.358. The van der Waals surface area contributed by atoms with Crippen LogP contribution in [0.25, 0.3) is 0 Å². The number of hydrogen-bond donors (Lipinski definition) is 0. The van der Waals surface area contributed by atoms with Crippen molar-refractivity contribution in [3.63, 3.8) is 0 Å². The van der Waals surface area contributed by atoms with Crippen LogP contribution < -0.4 is 4.74 Å². The fraction of sp³-hybridized carbons (Fsp3) is 0.400. The molecule has 0 saturated carbocycles. The van der Waals surface area contributed by atoms with Gasteiger partial charge < -0.3 is 9.47 Å². The van der Waals surface area contributed by atoms with Gasteiger partial charge in [0.2, 0.25) is 0 Å². The first-order valence-corrected chi connectivity index (χ1v) is 6.03. The lowest BCUT2D eigenvalue weighted by Crippen LogP contribution is -2.21. The fourth-order valence-electron chi connectivity index (χ4n) is 1.33. The van der Waals surface area contributed by atoms with Crippen molar-refractivity contribution in [2.45, 2.75) is 18.1 Å². The Bertz CT molecular complexity index is 506. The van der Waals surface area contributed by atoms with Gasteiger partial charge in [0.25, 0.3) is 6.43 Å². The molecule has 1 aromatic rings. The maximum Gasteiger partial charge on any atom is 0.573 e. The molecule has 10 heteroatoms. The van der Waals surface area contributed by atoms with Crippen LogP contribution in [0, 0.1) is 0 Å². The fourth-order valence-corrected chi connectivity index (χ4v) is 1.73. The van der Waals surface area contributed by atoms with E-state index in [0.29, 0.717) is 6.07 Å². The van der Waals surface area contributed by atoms with E-state index in [-0.39, 0.29) is 11.0 Å². The van der Waals surface area contributed by atoms with Crippen molar-refractivity contribution in [1.82, 2.24) is 4.98 Å². The Morgan fingerprint density at radius 3 is 2.45 bits per heavy atom. The van der Waals surface area contributed by atoms with Crippen LogP contribution in [-0.2, 0) is 10.1 Å². The summed E-state index contributed by atoms with van der Waals surface area (Å²) < 4.78 is 69.8. The van der Waals surface area contributed by atoms with Crippen molar-refractivity contribution in [2.75, 3.05) is 7.11 Å². The van der Waals surface area contributed by atoms with Crippen molar-refractivity contribution in [3.8, 4) is 5.75 Å². The number of carbonyl (C=O) groups excluding carboxylic acids is 1. The highest BCUT2D eigenvalue weighted by atomic mass is 79.9. The normalized spacial score (nSPS) is 11.6. The van der Waals surface area contributed by atoms with Crippen LogP contribution in [0.2, 0.25) is 0 Å². The first kappa shape index (κ1) is 16.6. The van der Waals surface area contributed by atoms with Crippen LogP contribution in [0.4, 0.5) is 22.0 Å². The summed E-state index contributed by atoms with van der Waals surface area (Å²) >= 11 is 2.85. The summed E-state index contributed by atoms with van der Waals surface area (Å²) in [4.78, 5) is 14.9. The molecule has 1 aromatic heterocycles. The third-order valence-corrected chi connectivity index (χ3v) is 2.57. The summed E-state index contributed by atoms with van der Waals surface area (Å²) in [6.45, 7) is 0. The summed E-state index contributed by atoms with van der Waals surface area (Å²) in [5, 5.41) is -0.230. The van der Waals surface area contributed by atoms with Crippen LogP contribution >= 0.6 is 15.9 Å². The minimum Gasteiger partial charge on any atom is -0.465 e. The molecule has 1 heterocycles. The van der Waals surface area contributed by atoms with E-state index in [1.54, 1.807) is 0 Å². The lowest BCUT2D eigenvalue weighted by atomic mass is 10.1. The second-order valence-corrected chi connectivity index (χ2v) is 3.90. The Balaban J connectivity index is 3.48. The van der Waals surface area contributed by atoms with Gasteiger partial charge in [-0.05, 0) is 0 Å². The quantitative estimate of drug-likeness (QED) is 0.466. The molecular weight excluding hydrogens is 357 g/mol. The first-order valence-electron chi connectivity index (χ1n) is 4.91. The molecule has 1 rings (SSSR count). The zero-order valence-corrected chi connectivity index (χ0v) is 11.4. The molecule has 20 heavy (non-hydrogen) atoms. The van der Waals surface area contributed by atoms with Crippen molar-refractivity contribution in [1.29, 1.82) is 0 Å². The standard InChI is InChI=1S/C10H7BrF5NO3/c1-19-9(18)7-5(3-11)17-4(8(12)13)2-6(7)20-10(14,15)16/h2,8H,3H2,1H3. The molecule has 0 bridgehead atoms. The number of rotatable bonds is 4. The van der Waals surface area contributed by atoms with Gasteiger partial charge in [-0.2, -0.15) is 0 Å². The van der Waals surface area contributed by atoms with Crippen molar-refractivity contribution >= 4 is 21.9 Å². The molecule has 0 aliphatic carbocycles. The van der Waals surface area contributed by atoms with Crippen molar-refractivity contribution in [2.24, 2.45) is 0 Å². The Morgan fingerprint density at radius 1 is 1.45 bits per heavy atom. The number of pyridine rings is 1. The molecule has 0 saturated heterocycles. The van der Waals surface area contributed by atoms with Gasteiger partial charge in [-0.15, -0.1) is 13.2 Å². The minimum atomic E-state index is -5.15. The number of alkyl halides is 6. The topological polar surface area (TPSA) is 48.4 Å². The van der Waals surface area contributed by atoms with Crippen molar-refractivity contribution in [3.05, 3.63) is 23.0 Å². The lowest BCUT2D eigenvalue weighted by Gasteiger charge is -2.15. The smallest absolute Gasteiger partial charge is 0.465 e. The van der Waals surface area contributed by atoms with Crippen molar-refractivity contribution < 1.29 is 36.2 Å². The van der Waals surface area contributed by atoms with E-state index in [1.165, 1.54) is 0 Å². The molecule has 0 spiro atoms. The van der Waals surface area contributed by atoms with Crippen LogP contribution in [0.3, 0.4) is 0 Å². The van der Waals surface area contributed by atoms with E-state index < -0.39 is 35.8 Å². The highest BCUT2D eigenvalue weighted by Gasteiger charge is 2.35. The second kappa shape index (κ2) is 6.33. The Labute approximate surface area is 118 Å². The van der Waals surface area contributed by atoms with E-state index >= 15 is 0 Å². The number of hydrogen-bond acceptors (Lipinski definition) is 4. The number of esters is 1. The molecule has 0 amide bonds. The second-order valence-electron chi connectivity index (χ2n) is 3.34. The Kier molecular flexibility index (Phi) is 5.26. The molecule has 0 aliphatic heterocycles. The van der Waals surface area contributed by atoms with Gasteiger partial charge in [-0.25, -0.2) is 18.6 Å². The monoisotopic (exact) mass is 363 g/mol. The molecule has 0 aliphatic rings. The number of methoxy groups -OCH3 is 1. The molecule has 112 valence electrons. The van der Waals surface area contributed by atoms with E-state index in [1.807, 2.05) is 0 Å². The molecule has 0 radical (unpaired) electrons. The number of carbonyl (C=O) groups is 1. The number of ether oxygens (including phenoxy) is 2. The predicted octanol–water partition coefficient (Wildman–Crippen LogP) is 3.60. The number of nitrogens with zero attached hydrogens (tertiary/aromatic N) is 1. The highest BCUT2D eigenvalue weighted by Crippen LogP contribution is 2.32. The number of halogens is 6. The lowest BCUT2D eigenvalue weighted by molar-refractivity contribution is -0.274. The van der Waals surface area contributed by atoms with Gasteiger partial charge >= 0.3 is 12.3 Å². The van der Waals surface area contributed by atoms with Gasteiger partial charge in [0.1, 0.15) is 17.0 Å². The molecule has 0 fully saturated rings. The molecule has 0 atom stereocenters. The van der Waals surface area contributed by atoms with Gasteiger partial charge in [-0.1, -0.05) is 15.9 Å². The maximum absolute atomic E-state index is 12.6. The van der Waals surface area contributed by atoms with E-state index in [0.717, 1.165) is 7.11 Å². The predicted molar refractivity (Wildman–Crippen MR) is 59.8 cm³/mol. The zero-order valence-electron chi connectivity index (χ0n) is 9.80. The summed E-state index contributed by atoms with van der Waals surface area (Å²) in [5.74, 6) is -2.25. The largest absolute Gasteiger partial charge is 0.573 e. The third kappa shape index (κ3) is 4.02. The van der Waals surface area contributed by atoms with Crippen LogP contribution in [0.1, 0.15) is 28.2 Å². The SMILES string of the molecule is COC(=O)c1c(OC(F)(F)F)cc(C(F)F)nc1CBr. The van der Waals surface area contributed by atoms with Crippen LogP contribution in [0.15, 0.2) is 6.07 Å². The molecule has 0 aromatic carbocycles. The van der Waals surface area contributed by atoms with E-state index in [2.05, 4.69) is 30.4 Å². The van der Waals surface area contributed by atoms with Gasteiger partial charge in [-0.3, -0.25) is 0 Å². The van der Waals surface area contributed by atoms with Crippen LogP contribution in [0.5, 0.6) is 5.75 Å². The van der Waals surface area contributed by atoms with Crippen LogP contribution in [-0.4, -0.2) is 24.4 Å². The average Bonchev–Trinajstić information content (AvgIpc) is 2.34. The maximum atomic E-state index is 12.6. The third-order valence-electron chi connectivity index (χ3n) is 2.04. The Hall–Kier alpha value is -1.45. The van der Waals surface area contributed by atoms with Gasteiger partial charge in [0, 0.05) is 11.4 Å². The summed E-state index contributed by atoms with van der Waals surface area (Å²) in [7, 11) is 0.929. The van der Waals surface area contributed by atoms with Gasteiger partial charge in [0.05, 0.1) is 12.8 Å². The van der Waals surface area contributed by atoms with Gasteiger partial charge in [0.15, 0.2) is 0 Å². The highest BCUT2D eigenvalue weighted by molar-refractivity contribution is 9.08. The van der Waals surface area contributed by atoms with E-state index in [9.17, 15) is 26.7 Å². The number of aromatic nitrogens is 1. The summed E-state index contributed by atoms with van der Waals surface area (Å²) in [5.41, 5.74) is -1.94. The molecule has 4 nitrogen and oxygen atoms in total. The average molecular weight is 364 g/mol. The summed E-state index contributed by atoms with van der Waals surface area (Å²) in [6.07, 6.45) is -8.26. The first-order chi connectivity index (χ1) is 9.19. The molecule has 0 N–H and O–H groups in total. The minimum absolute atomic E-state index is 0.230. The zero-order chi connectivity index (χ0) is 15.5. The van der Waals surface area contributed by atoms with E-state index in [4.69, 9.17) is 0 Å².